The Hall–Kier alpha value is -2.95. The summed E-state index contributed by atoms with van der Waals surface area (Å²) in [5.74, 6) is -0.354. The Morgan fingerprint density at radius 1 is 1.12 bits per heavy atom. The second-order valence-electron chi connectivity index (χ2n) is 6.28. The average molecular weight is 335 g/mol. The number of urea groups is 1. The highest BCUT2D eigenvalue weighted by Gasteiger charge is 2.51. The minimum Gasteiger partial charge on any atom is -0.318 e. The molecule has 0 saturated carbocycles. The van der Waals surface area contributed by atoms with Crippen LogP contribution in [-0.2, 0) is 10.3 Å². The van der Waals surface area contributed by atoms with Crippen molar-refractivity contribution in [2.75, 3.05) is 0 Å². The number of hydrazone groups is 1. The lowest BCUT2D eigenvalue weighted by molar-refractivity contribution is -0.131. The molecule has 1 aliphatic heterocycles. The van der Waals surface area contributed by atoms with Gasteiger partial charge < -0.3 is 5.32 Å². The van der Waals surface area contributed by atoms with Crippen LogP contribution < -0.4 is 5.32 Å². The van der Waals surface area contributed by atoms with E-state index in [1.807, 2.05) is 69.3 Å². The fraction of sp³-hybridized carbons (Fsp3) is 0.250. The van der Waals surface area contributed by atoms with Gasteiger partial charge in [0, 0.05) is 0 Å². The standard InChI is InChI=1S/C20H21N3O2/c1-4-20(17-8-6-5-7-9-17)18(24)23(19(25)22-20)21-13-16-11-10-14(2)12-15(16)3/h5-13H,4H2,1-3H3,(H,22,25)/b21-13-/t20-/m0/s1. The normalized spacial score (nSPS) is 20.4. The fourth-order valence-corrected chi connectivity index (χ4v) is 3.12. The Morgan fingerprint density at radius 3 is 2.48 bits per heavy atom. The number of carbonyl (C=O) groups is 2. The number of carbonyl (C=O) groups excluding carboxylic acids is 2. The third-order valence-corrected chi connectivity index (χ3v) is 4.60. The molecule has 0 unspecified atom stereocenters. The molecule has 3 amide bonds. The van der Waals surface area contributed by atoms with Gasteiger partial charge in [-0.15, -0.1) is 5.01 Å². The van der Waals surface area contributed by atoms with Crippen molar-refractivity contribution in [3.8, 4) is 0 Å². The maximum atomic E-state index is 13.0. The van der Waals surface area contributed by atoms with Crippen molar-refractivity contribution in [2.45, 2.75) is 32.7 Å². The van der Waals surface area contributed by atoms with Crippen LogP contribution in [0.2, 0.25) is 0 Å². The third kappa shape index (κ3) is 2.93. The minimum absolute atomic E-state index is 0.354. The summed E-state index contributed by atoms with van der Waals surface area (Å²) in [5.41, 5.74) is 2.78. The van der Waals surface area contributed by atoms with Crippen LogP contribution in [0.3, 0.4) is 0 Å². The number of hydrogen-bond donors (Lipinski definition) is 1. The summed E-state index contributed by atoms with van der Waals surface area (Å²) < 4.78 is 0. The van der Waals surface area contributed by atoms with E-state index in [4.69, 9.17) is 0 Å². The van der Waals surface area contributed by atoms with Crippen molar-refractivity contribution < 1.29 is 9.59 Å². The molecule has 25 heavy (non-hydrogen) atoms. The largest absolute Gasteiger partial charge is 0.346 e. The third-order valence-electron chi connectivity index (χ3n) is 4.60. The van der Waals surface area contributed by atoms with Crippen molar-refractivity contribution in [1.82, 2.24) is 10.3 Å². The summed E-state index contributed by atoms with van der Waals surface area (Å²) in [5, 5.41) is 7.90. The molecule has 0 radical (unpaired) electrons. The van der Waals surface area contributed by atoms with Crippen LogP contribution in [-0.4, -0.2) is 23.2 Å². The second kappa shape index (κ2) is 6.51. The quantitative estimate of drug-likeness (QED) is 0.687. The predicted molar refractivity (Wildman–Crippen MR) is 97.3 cm³/mol. The van der Waals surface area contributed by atoms with E-state index in [0.717, 1.165) is 27.3 Å². The summed E-state index contributed by atoms with van der Waals surface area (Å²) in [6.45, 7) is 5.86. The topological polar surface area (TPSA) is 61.8 Å². The molecule has 1 N–H and O–H groups in total. The molecule has 2 aromatic carbocycles. The second-order valence-corrected chi connectivity index (χ2v) is 6.28. The van der Waals surface area contributed by atoms with Crippen LogP contribution in [0.25, 0.3) is 0 Å². The van der Waals surface area contributed by atoms with Gasteiger partial charge >= 0.3 is 6.03 Å². The first kappa shape index (κ1) is 16.9. The highest BCUT2D eigenvalue weighted by molar-refractivity contribution is 6.07. The molecule has 128 valence electrons. The predicted octanol–water partition coefficient (Wildman–Crippen LogP) is 3.49. The van der Waals surface area contributed by atoms with Gasteiger partial charge in [0.2, 0.25) is 0 Å². The van der Waals surface area contributed by atoms with Crippen molar-refractivity contribution >= 4 is 18.2 Å². The van der Waals surface area contributed by atoms with Crippen LogP contribution in [0.5, 0.6) is 0 Å². The summed E-state index contributed by atoms with van der Waals surface area (Å²) in [6.07, 6.45) is 2.01. The van der Waals surface area contributed by atoms with E-state index in [1.54, 1.807) is 6.21 Å². The number of hydrogen-bond acceptors (Lipinski definition) is 3. The van der Waals surface area contributed by atoms with Gasteiger partial charge in [0.25, 0.3) is 5.91 Å². The lowest BCUT2D eigenvalue weighted by atomic mass is 9.87. The fourth-order valence-electron chi connectivity index (χ4n) is 3.12. The molecule has 1 atom stereocenters. The van der Waals surface area contributed by atoms with Crippen LogP contribution in [0.15, 0.2) is 53.6 Å². The van der Waals surface area contributed by atoms with E-state index in [0.29, 0.717) is 6.42 Å². The molecule has 1 fully saturated rings. The summed E-state index contributed by atoms with van der Waals surface area (Å²) >= 11 is 0. The molecule has 0 aliphatic carbocycles. The number of amides is 3. The summed E-state index contributed by atoms with van der Waals surface area (Å²) in [7, 11) is 0. The first-order valence-electron chi connectivity index (χ1n) is 8.31. The number of nitrogens with one attached hydrogen (secondary N) is 1. The van der Waals surface area contributed by atoms with Crippen molar-refractivity contribution in [1.29, 1.82) is 0 Å². The Bertz CT molecular complexity index is 845. The van der Waals surface area contributed by atoms with Gasteiger partial charge in [-0.25, -0.2) is 4.79 Å². The summed E-state index contributed by atoms with van der Waals surface area (Å²) in [4.78, 5) is 25.3. The van der Waals surface area contributed by atoms with Crippen molar-refractivity contribution in [2.24, 2.45) is 5.10 Å². The van der Waals surface area contributed by atoms with E-state index in [2.05, 4.69) is 10.4 Å². The highest BCUT2D eigenvalue weighted by atomic mass is 16.2. The van der Waals surface area contributed by atoms with Gasteiger partial charge in [-0.05, 0) is 37.0 Å². The van der Waals surface area contributed by atoms with Gasteiger partial charge in [0.1, 0.15) is 5.54 Å². The number of rotatable bonds is 4. The Morgan fingerprint density at radius 2 is 1.84 bits per heavy atom. The summed E-state index contributed by atoms with van der Waals surface area (Å²) in [6, 6.07) is 14.7. The number of nitrogens with zero attached hydrogens (tertiary/aromatic N) is 2. The Labute approximate surface area is 147 Å². The smallest absolute Gasteiger partial charge is 0.318 e. The zero-order chi connectivity index (χ0) is 18.0. The van der Waals surface area contributed by atoms with E-state index in [1.165, 1.54) is 0 Å². The van der Waals surface area contributed by atoms with Gasteiger partial charge in [-0.3, -0.25) is 4.79 Å². The van der Waals surface area contributed by atoms with E-state index < -0.39 is 11.6 Å². The molecule has 5 nitrogen and oxygen atoms in total. The molecule has 3 rings (SSSR count). The van der Waals surface area contributed by atoms with Crippen molar-refractivity contribution in [3.63, 3.8) is 0 Å². The van der Waals surface area contributed by atoms with Gasteiger partial charge in [-0.2, -0.15) is 5.10 Å². The van der Waals surface area contributed by atoms with Crippen LogP contribution in [0.4, 0.5) is 4.79 Å². The molecule has 0 spiro atoms. The molecule has 1 aliphatic rings. The molecule has 1 heterocycles. The minimum atomic E-state index is -1.06. The molecular formula is C20H21N3O2. The zero-order valence-corrected chi connectivity index (χ0v) is 14.6. The van der Waals surface area contributed by atoms with E-state index >= 15 is 0 Å². The molecule has 0 bridgehead atoms. The van der Waals surface area contributed by atoms with Gasteiger partial charge in [0.05, 0.1) is 6.21 Å². The van der Waals surface area contributed by atoms with Crippen LogP contribution in [0.1, 0.15) is 35.6 Å². The zero-order valence-electron chi connectivity index (χ0n) is 14.6. The maximum absolute atomic E-state index is 13.0. The Balaban J connectivity index is 1.92. The molecular weight excluding hydrogens is 314 g/mol. The van der Waals surface area contributed by atoms with Crippen LogP contribution in [0, 0.1) is 13.8 Å². The monoisotopic (exact) mass is 335 g/mol. The molecule has 2 aromatic rings. The lowest BCUT2D eigenvalue weighted by Gasteiger charge is -2.24. The van der Waals surface area contributed by atoms with E-state index in [-0.39, 0.29) is 5.91 Å². The molecule has 5 heteroatoms. The molecule has 1 saturated heterocycles. The SMILES string of the molecule is CC[C@@]1(c2ccccc2)NC(=O)N(/N=C\c2ccc(C)cc2C)C1=O. The number of benzene rings is 2. The van der Waals surface area contributed by atoms with Crippen molar-refractivity contribution in [3.05, 3.63) is 70.8 Å². The first-order chi connectivity index (χ1) is 12.0. The van der Waals surface area contributed by atoms with Gasteiger partial charge in [0.15, 0.2) is 0 Å². The average Bonchev–Trinajstić information content (AvgIpc) is 2.86. The highest BCUT2D eigenvalue weighted by Crippen LogP contribution is 2.32. The van der Waals surface area contributed by atoms with Crippen LogP contribution >= 0.6 is 0 Å². The van der Waals surface area contributed by atoms with E-state index in [9.17, 15) is 9.59 Å². The molecule has 0 aromatic heterocycles. The number of aryl methyl sites for hydroxylation is 2. The number of imide groups is 1. The lowest BCUT2D eigenvalue weighted by Crippen LogP contribution is -2.43. The Kier molecular flexibility index (Phi) is 4.40. The maximum Gasteiger partial charge on any atom is 0.346 e. The van der Waals surface area contributed by atoms with Gasteiger partial charge in [-0.1, -0.05) is 61.0 Å². The first-order valence-corrected chi connectivity index (χ1v) is 8.31.